The molecule has 202 valence electrons. The quantitative estimate of drug-likeness (QED) is 0.347. The van der Waals surface area contributed by atoms with Crippen molar-refractivity contribution in [1.82, 2.24) is 24.6 Å². The maximum atomic E-state index is 13.5. The van der Waals surface area contributed by atoms with E-state index in [4.69, 9.17) is 10.5 Å². The average Bonchev–Trinajstić information content (AvgIpc) is 3.33. The van der Waals surface area contributed by atoms with Crippen molar-refractivity contribution < 1.29 is 13.9 Å². The molecule has 1 atom stereocenters. The molecule has 0 bridgehead atoms. The standard InChI is InChI=1S/C29H31FN6O3/c1-34(2)14-5-9-25(37)35-15-4-7-21(17-35)36-18-24(26-27(36)29(38)33-32-28(26)31)19-10-12-22(13-11-19)39-23-8-3-6-20(30)16-23/h3,5-6,8-13,16,18,21H,4,7,14-15,17H2,1-2H3,(H2,31,32)(H,33,38). The van der Waals surface area contributed by atoms with Gasteiger partial charge in [-0.15, -0.1) is 0 Å². The van der Waals surface area contributed by atoms with Gasteiger partial charge in [-0.1, -0.05) is 24.3 Å². The molecular formula is C29H31FN6O3. The van der Waals surface area contributed by atoms with Gasteiger partial charge in [-0.2, -0.15) is 5.10 Å². The van der Waals surface area contributed by atoms with Crippen LogP contribution in [0.3, 0.4) is 0 Å². The molecule has 5 rings (SSSR count). The summed E-state index contributed by atoms with van der Waals surface area (Å²) in [5, 5.41) is 7.08. The zero-order valence-corrected chi connectivity index (χ0v) is 21.9. The number of anilines is 1. The van der Waals surface area contributed by atoms with Crippen LogP contribution in [0, 0.1) is 5.82 Å². The van der Waals surface area contributed by atoms with E-state index in [1.54, 1.807) is 30.3 Å². The number of nitrogens with zero attached hydrogens (tertiary/aromatic N) is 4. The van der Waals surface area contributed by atoms with Gasteiger partial charge >= 0.3 is 0 Å². The van der Waals surface area contributed by atoms with Crippen LogP contribution in [-0.2, 0) is 4.79 Å². The fourth-order valence-electron chi connectivity index (χ4n) is 4.96. The normalized spacial score (nSPS) is 15.9. The predicted octanol–water partition coefficient (Wildman–Crippen LogP) is 4.19. The highest BCUT2D eigenvalue weighted by Gasteiger charge is 2.27. The zero-order chi connectivity index (χ0) is 27.5. The van der Waals surface area contributed by atoms with Gasteiger partial charge in [-0.05, 0) is 56.8 Å². The summed E-state index contributed by atoms with van der Waals surface area (Å²) in [6.07, 6.45) is 7.02. The number of halogens is 1. The van der Waals surface area contributed by atoms with Crippen LogP contribution in [-0.4, -0.2) is 64.2 Å². The molecule has 1 fully saturated rings. The Labute approximate surface area is 225 Å². The molecule has 0 radical (unpaired) electrons. The Bertz CT molecular complexity index is 1570. The summed E-state index contributed by atoms with van der Waals surface area (Å²) in [5.74, 6) is 0.738. The molecule has 1 amide bonds. The second-order valence-electron chi connectivity index (χ2n) is 9.94. The van der Waals surface area contributed by atoms with Crippen molar-refractivity contribution in [3.8, 4) is 22.6 Å². The van der Waals surface area contributed by atoms with Crippen LogP contribution >= 0.6 is 0 Å². The van der Waals surface area contributed by atoms with E-state index in [0.29, 0.717) is 42.0 Å². The molecule has 0 saturated carbocycles. The minimum absolute atomic E-state index is 0.0396. The molecule has 3 heterocycles. The number of hydrogen-bond acceptors (Lipinski definition) is 6. The van der Waals surface area contributed by atoms with Crippen LogP contribution in [0.15, 0.2) is 71.7 Å². The Balaban J connectivity index is 1.46. The molecular weight excluding hydrogens is 499 g/mol. The number of fused-ring (bicyclic) bond motifs is 1. The molecule has 4 aromatic rings. The molecule has 1 unspecified atom stereocenters. The first kappa shape index (κ1) is 26.2. The fraction of sp³-hybridized carbons (Fsp3) is 0.276. The van der Waals surface area contributed by atoms with Gasteiger partial charge in [0.25, 0.3) is 5.56 Å². The first-order valence-electron chi connectivity index (χ1n) is 12.8. The third kappa shape index (κ3) is 5.70. The number of likely N-dealkylation sites (N-methyl/N-ethyl adjacent to an activating group) is 1. The largest absolute Gasteiger partial charge is 0.457 e. The number of likely N-dealkylation sites (tertiary alicyclic amines) is 1. The summed E-state index contributed by atoms with van der Waals surface area (Å²) >= 11 is 0. The van der Waals surface area contributed by atoms with E-state index in [9.17, 15) is 14.0 Å². The monoisotopic (exact) mass is 530 g/mol. The molecule has 1 aliphatic heterocycles. The number of nitrogens with one attached hydrogen (secondary N) is 1. The lowest BCUT2D eigenvalue weighted by Gasteiger charge is -2.33. The predicted molar refractivity (Wildman–Crippen MR) is 149 cm³/mol. The Morgan fingerprint density at radius 3 is 2.77 bits per heavy atom. The topological polar surface area (TPSA) is 109 Å². The van der Waals surface area contributed by atoms with Crippen molar-refractivity contribution >= 4 is 22.6 Å². The number of carbonyl (C=O) groups is 1. The van der Waals surface area contributed by atoms with E-state index < -0.39 is 0 Å². The lowest BCUT2D eigenvalue weighted by Crippen LogP contribution is -2.40. The van der Waals surface area contributed by atoms with Crippen molar-refractivity contribution in [1.29, 1.82) is 0 Å². The molecule has 0 aliphatic carbocycles. The number of ether oxygens (including phenoxy) is 1. The highest BCUT2D eigenvalue weighted by Crippen LogP contribution is 2.36. The highest BCUT2D eigenvalue weighted by molar-refractivity contribution is 6.02. The number of nitrogen functional groups attached to an aromatic ring is 1. The van der Waals surface area contributed by atoms with Crippen LogP contribution in [0.1, 0.15) is 18.9 Å². The summed E-state index contributed by atoms with van der Waals surface area (Å²) < 4.78 is 21.2. The lowest BCUT2D eigenvalue weighted by molar-refractivity contribution is -0.127. The van der Waals surface area contributed by atoms with Crippen LogP contribution in [0.5, 0.6) is 11.5 Å². The van der Waals surface area contributed by atoms with E-state index in [0.717, 1.165) is 24.0 Å². The minimum Gasteiger partial charge on any atom is -0.457 e. The van der Waals surface area contributed by atoms with E-state index >= 15 is 0 Å². The second kappa shape index (κ2) is 11.1. The van der Waals surface area contributed by atoms with Gasteiger partial charge < -0.3 is 24.8 Å². The summed E-state index contributed by atoms with van der Waals surface area (Å²) in [7, 11) is 3.90. The van der Waals surface area contributed by atoms with E-state index in [-0.39, 0.29) is 29.1 Å². The number of nitrogens with two attached hydrogens (primary N) is 1. The zero-order valence-electron chi connectivity index (χ0n) is 21.9. The van der Waals surface area contributed by atoms with Crippen LogP contribution in [0.2, 0.25) is 0 Å². The van der Waals surface area contributed by atoms with Crippen molar-refractivity contribution in [3.63, 3.8) is 0 Å². The molecule has 0 spiro atoms. The third-order valence-electron chi connectivity index (χ3n) is 6.81. The summed E-state index contributed by atoms with van der Waals surface area (Å²) in [6, 6.07) is 13.1. The number of rotatable bonds is 7. The van der Waals surface area contributed by atoms with Gasteiger partial charge in [0.15, 0.2) is 5.82 Å². The number of carbonyl (C=O) groups excluding carboxylic acids is 1. The van der Waals surface area contributed by atoms with Gasteiger partial charge in [-0.25, -0.2) is 9.49 Å². The second-order valence-corrected chi connectivity index (χ2v) is 9.94. The fourth-order valence-corrected chi connectivity index (χ4v) is 4.96. The molecule has 9 nitrogen and oxygen atoms in total. The van der Waals surface area contributed by atoms with Crippen LogP contribution < -0.4 is 16.0 Å². The summed E-state index contributed by atoms with van der Waals surface area (Å²) in [5.41, 5.74) is 7.94. The minimum atomic E-state index is -0.377. The maximum absolute atomic E-state index is 13.5. The molecule has 2 aromatic heterocycles. The van der Waals surface area contributed by atoms with Crippen LogP contribution in [0.25, 0.3) is 22.0 Å². The van der Waals surface area contributed by atoms with Crippen molar-refractivity contribution in [3.05, 3.63) is 83.1 Å². The Kier molecular flexibility index (Phi) is 7.47. The van der Waals surface area contributed by atoms with Crippen molar-refractivity contribution in [2.45, 2.75) is 18.9 Å². The highest BCUT2D eigenvalue weighted by atomic mass is 19.1. The number of aromatic amines is 1. The van der Waals surface area contributed by atoms with Gasteiger partial charge in [0.2, 0.25) is 5.91 Å². The van der Waals surface area contributed by atoms with Gasteiger partial charge in [-0.3, -0.25) is 9.59 Å². The molecule has 2 aromatic carbocycles. The average molecular weight is 531 g/mol. The smallest absolute Gasteiger partial charge is 0.288 e. The molecule has 1 aliphatic rings. The number of amides is 1. The molecule has 39 heavy (non-hydrogen) atoms. The number of benzene rings is 2. The van der Waals surface area contributed by atoms with Gasteiger partial charge in [0, 0.05) is 43.5 Å². The summed E-state index contributed by atoms with van der Waals surface area (Å²) in [4.78, 5) is 29.6. The van der Waals surface area contributed by atoms with Crippen molar-refractivity contribution in [2.24, 2.45) is 0 Å². The van der Waals surface area contributed by atoms with Crippen LogP contribution in [0.4, 0.5) is 10.2 Å². The first-order chi connectivity index (χ1) is 18.8. The lowest BCUT2D eigenvalue weighted by atomic mass is 10.1. The van der Waals surface area contributed by atoms with Gasteiger partial charge in [0.1, 0.15) is 22.8 Å². The Morgan fingerprint density at radius 1 is 1.23 bits per heavy atom. The number of hydrogen-bond donors (Lipinski definition) is 2. The van der Waals surface area contributed by atoms with E-state index in [1.165, 1.54) is 12.1 Å². The first-order valence-corrected chi connectivity index (χ1v) is 12.8. The third-order valence-corrected chi connectivity index (χ3v) is 6.81. The molecule has 3 N–H and O–H groups in total. The van der Waals surface area contributed by atoms with Gasteiger partial charge in [0.05, 0.1) is 11.4 Å². The van der Waals surface area contributed by atoms with E-state index in [2.05, 4.69) is 10.2 Å². The SMILES string of the molecule is CN(C)CC=CC(=O)N1CCCC(n2cc(-c3ccc(Oc4cccc(F)c4)cc3)c3c(N)n[nH]c(=O)c32)C1. The number of aromatic nitrogens is 3. The van der Waals surface area contributed by atoms with Crippen molar-refractivity contribution in [2.75, 3.05) is 39.5 Å². The Hall–Kier alpha value is -4.44. The maximum Gasteiger partial charge on any atom is 0.288 e. The molecule has 1 saturated heterocycles. The number of piperidine rings is 1. The van der Waals surface area contributed by atoms with E-state index in [1.807, 2.05) is 52.9 Å². The summed E-state index contributed by atoms with van der Waals surface area (Å²) in [6.45, 7) is 1.83. The Morgan fingerprint density at radius 2 is 2.03 bits per heavy atom. The molecule has 10 heteroatoms. The number of H-pyrrole nitrogens is 1.